The van der Waals surface area contributed by atoms with Crippen LogP contribution in [-0.2, 0) is 4.74 Å². The number of thiazole rings is 1. The lowest BCUT2D eigenvalue weighted by Crippen LogP contribution is -2.25. The van der Waals surface area contributed by atoms with Gasteiger partial charge in [0, 0.05) is 28.4 Å². The van der Waals surface area contributed by atoms with Crippen LogP contribution in [0.1, 0.15) is 44.4 Å². The Bertz CT molecular complexity index is 805. The van der Waals surface area contributed by atoms with Gasteiger partial charge in [-0.3, -0.25) is 4.99 Å². The van der Waals surface area contributed by atoms with Crippen LogP contribution in [-0.4, -0.2) is 35.2 Å². The van der Waals surface area contributed by atoms with Crippen molar-refractivity contribution < 1.29 is 23.0 Å². The molecule has 0 bridgehead atoms. The molecule has 0 saturated carbocycles. The van der Waals surface area contributed by atoms with Crippen molar-refractivity contribution in [1.29, 1.82) is 0 Å². The van der Waals surface area contributed by atoms with Crippen molar-refractivity contribution in [2.75, 3.05) is 13.2 Å². The molecule has 0 aliphatic heterocycles. The first kappa shape index (κ1) is 22.5. The molecule has 2 aromatic rings. The summed E-state index contributed by atoms with van der Waals surface area (Å²) in [5.41, 5.74) is 2.33. The summed E-state index contributed by atoms with van der Waals surface area (Å²) in [6.07, 6.45) is -4.30. The van der Waals surface area contributed by atoms with E-state index in [4.69, 9.17) is 9.84 Å². The average molecular weight is 414 g/mol. The fourth-order valence-electron chi connectivity index (χ4n) is 2.78. The lowest BCUT2D eigenvalue weighted by molar-refractivity contribution is -0.225. The number of benzene rings is 1. The van der Waals surface area contributed by atoms with E-state index in [1.165, 1.54) is 17.4 Å². The van der Waals surface area contributed by atoms with E-state index >= 15 is 0 Å². The van der Waals surface area contributed by atoms with Crippen molar-refractivity contribution in [2.24, 2.45) is 10.9 Å². The number of aliphatic hydroxyl groups excluding tert-OH is 1. The average Bonchev–Trinajstić information content (AvgIpc) is 3.17. The third kappa shape index (κ3) is 5.18. The monoisotopic (exact) mass is 414 g/mol. The zero-order chi connectivity index (χ0) is 20.9. The zero-order valence-corrected chi connectivity index (χ0v) is 17.2. The molecule has 2 atom stereocenters. The van der Waals surface area contributed by atoms with Crippen LogP contribution in [0.25, 0.3) is 10.6 Å². The number of ether oxygens (including phenoxy) is 1. The first-order valence-corrected chi connectivity index (χ1v) is 9.96. The van der Waals surface area contributed by atoms with Gasteiger partial charge in [-0.05, 0) is 31.7 Å². The highest BCUT2D eigenvalue weighted by molar-refractivity contribution is 7.13. The van der Waals surface area contributed by atoms with Crippen LogP contribution in [0, 0.1) is 12.8 Å². The van der Waals surface area contributed by atoms with E-state index in [1.54, 1.807) is 19.2 Å². The van der Waals surface area contributed by atoms with Gasteiger partial charge in [0.1, 0.15) is 5.01 Å². The van der Waals surface area contributed by atoms with Crippen LogP contribution in [0.3, 0.4) is 0 Å². The van der Waals surface area contributed by atoms with Gasteiger partial charge < -0.3 is 9.84 Å². The molecule has 2 rings (SSSR count). The van der Waals surface area contributed by atoms with E-state index in [2.05, 4.69) is 9.98 Å². The molecular formula is C20H25F3N2O2S. The van der Waals surface area contributed by atoms with Crippen molar-refractivity contribution in [3.05, 3.63) is 34.8 Å². The van der Waals surface area contributed by atoms with Crippen LogP contribution in [0.2, 0.25) is 0 Å². The lowest BCUT2D eigenvalue weighted by Gasteiger charge is -2.24. The molecule has 0 radical (unpaired) electrons. The van der Waals surface area contributed by atoms with E-state index in [-0.39, 0.29) is 17.2 Å². The van der Waals surface area contributed by atoms with Crippen LogP contribution in [0.4, 0.5) is 18.9 Å². The van der Waals surface area contributed by atoms with E-state index < -0.39 is 25.5 Å². The minimum absolute atomic E-state index is 0.0543. The predicted octanol–water partition coefficient (Wildman–Crippen LogP) is 5.87. The number of aliphatic imine (C=N–C) groups is 1. The molecule has 0 fully saturated rings. The Labute approximate surface area is 167 Å². The quantitative estimate of drug-likeness (QED) is 0.550. The number of halogens is 3. The molecule has 1 aromatic carbocycles. The molecule has 4 nitrogen and oxygen atoms in total. The van der Waals surface area contributed by atoms with Crippen molar-refractivity contribution in [3.8, 4) is 10.6 Å². The molecule has 0 saturated heterocycles. The van der Waals surface area contributed by atoms with Crippen LogP contribution in [0.5, 0.6) is 0 Å². The fourth-order valence-corrected chi connectivity index (χ4v) is 3.50. The third-order valence-electron chi connectivity index (χ3n) is 4.69. The van der Waals surface area contributed by atoms with Crippen LogP contribution >= 0.6 is 11.3 Å². The molecular weight excluding hydrogens is 389 g/mol. The summed E-state index contributed by atoms with van der Waals surface area (Å²) in [7, 11) is 0. The number of nitrogens with zero attached hydrogens (tertiary/aromatic N) is 2. The largest absolute Gasteiger partial charge is 0.418 e. The number of alkyl halides is 3. The van der Waals surface area contributed by atoms with E-state index in [0.29, 0.717) is 5.56 Å². The molecule has 28 heavy (non-hydrogen) atoms. The smallest absolute Gasteiger partial charge is 0.394 e. The standard InChI is InChI=1S/C20H25F3N2O2S/c1-5-12(2)14(4)25-17-13(3)15(19-24-8-11-28-19)6-7-16(17)18(20(21,22)23)27-10-9-26/h6-8,11-12,18,26H,5,9-10H2,1-4H3/b25-14-. The Kier molecular flexibility index (Phi) is 7.74. The minimum Gasteiger partial charge on any atom is -0.394 e. The molecule has 0 aliphatic carbocycles. The Morgan fingerprint density at radius 1 is 1.36 bits per heavy atom. The Morgan fingerprint density at radius 2 is 2.07 bits per heavy atom. The van der Waals surface area contributed by atoms with Crippen LogP contribution in [0.15, 0.2) is 28.7 Å². The molecule has 0 spiro atoms. The summed E-state index contributed by atoms with van der Waals surface area (Å²) in [5.74, 6) is 0.137. The summed E-state index contributed by atoms with van der Waals surface area (Å²) in [6, 6.07) is 3.03. The Balaban J connectivity index is 2.68. The second-order valence-corrected chi connectivity index (χ2v) is 7.49. The normalized spacial score (nSPS) is 14.9. The van der Waals surface area contributed by atoms with Gasteiger partial charge in [-0.1, -0.05) is 26.0 Å². The predicted molar refractivity (Wildman–Crippen MR) is 106 cm³/mol. The summed E-state index contributed by atoms with van der Waals surface area (Å²) < 4.78 is 46.1. The molecule has 2 unspecified atom stereocenters. The molecule has 1 N–H and O–H groups in total. The van der Waals surface area contributed by atoms with Gasteiger partial charge in [-0.15, -0.1) is 11.3 Å². The summed E-state index contributed by atoms with van der Waals surface area (Å²) in [4.78, 5) is 8.87. The number of hydrogen-bond acceptors (Lipinski definition) is 5. The maximum absolute atomic E-state index is 13.7. The Morgan fingerprint density at radius 3 is 2.61 bits per heavy atom. The van der Waals surface area contributed by atoms with E-state index in [1.807, 2.05) is 26.2 Å². The maximum atomic E-state index is 13.7. The zero-order valence-electron chi connectivity index (χ0n) is 16.4. The highest BCUT2D eigenvalue weighted by Crippen LogP contribution is 2.44. The second-order valence-electron chi connectivity index (χ2n) is 6.59. The molecule has 154 valence electrons. The van der Waals surface area contributed by atoms with Gasteiger partial charge in [0.15, 0.2) is 6.10 Å². The maximum Gasteiger partial charge on any atom is 0.418 e. The van der Waals surface area contributed by atoms with Gasteiger partial charge in [0.25, 0.3) is 0 Å². The Hall–Kier alpha value is -1.77. The van der Waals surface area contributed by atoms with Gasteiger partial charge >= 0.3 is 6.18 Å². The second kappa shape index (κ2) is 9.62. The van der Waals surface area contributed by atoms with Crippen molar-refractivity contribution in [2.45, 2.75) is 46.4 Å². The highest BCUT2D eigenvalue weighted by Gasteiger charge is 2.43. The third-order valence-corrected chi connectivity index (χ3v) is 5.50. The molecule has 0 amide bonds. The van der Waals surface area contributed by atoms with Gasteiger partial charge in [0.2, 0.25) is 0 Å². The first-order chi connectivity index (χ1) is 13.2. The topological polar surface area (TPSA) is 54.7 Å². The number of rotatable bonds is 8. The molecule has 8 heteroatoms. The van der Waals surface area contributed by atoms with Crippen molar-refractivity contribution in [3.63, 3.8) is 0 Å². The van der Waals surface area contributed by atoms with Crippen molar-refractivity contribution in [1.82, 2.24) is 4.98 Å². The lowest BCUT2D eigenvalue weighted by atomic mass is 9.97. The minimum atomic E-state index is -4.63. The van der Waals surface area contributed by atoms with Crippen LogP contribution < -0.4 is 0 Å². The first-order valence-electron chi connectivity index (χ1n) is 9.08. The SMILES string of the molecule is CCC(C)/C(C)=N\c1c(C(OCCO)C(F)(F)F)ccc(-c2nccs2)c1C. The van der Waals surface area contributed by atoms with Gasteiger partial charge in [-0.25, -0.2) is 4.98 Å². The van der Waals surface area contributed by atoms with E-state index in [0.717, 1.165) is 22.7 Å². The number of aromatic nitrogens is 1. The van der Waals surface area contributed by atoms with Gasteiger partial charge in [0.05, 0.1) is 18.9 Å². The van der Waals surface area contributed by atoms with Gasteiger partial charge in [-0.2, -0.15) is 13.2 Å². The number of hydrogen-bond donors (Lipinski definition) is 1. The summed E-state index contributed by atoms with van der Waals surface area (Å²) in [5, 5.41) is 11.5. The molecule has 1 heterocycles. The highest BCUT2D eigenvalue weighted by atomic mass is 32.1. The molecule has 0 aliphatic rings. The molecule has 1 aromatic heterocycles. The summed E-state index contributed by atoms with van der Waals surface area (Å²) >= 11 is 1.42. The summed E-state index contributed by atoms with van der Waals surface area (Å²) in [6.45, 7) is 6.67. The van der Waals surface area contributed by atoms with Crippen molar-refractivity contribution >= 4 is 22.7 Å². The fraction of sp³-hybridized carbons (Fsp3) is 0.500. The number of aliphatic hydroxyl groups is 1. The van der Waals surface area contributed by atoms with E-state index in [9.17, 15) is 13.2 Å².